The second kappa shape index (κ2) is 10.4. The summed E-state index contributed by atoms with van der Waals surface area (Å²) in [5, 5.41) is 20.0. The Morgan fingerprint density at radius 3 is 1.38 bits per heavy atom. The Morgan fingerprint density at radius 1 is 0.708 bits per heavy atom. The maximum atomic E-state index is 3.82. The van der Waals surface area contributed by atoms with Gasteiger partial charge >= 0.3 is 0 Å². The van der Waals surface area contributed by atoms with Crippen molar-refractivity contribution >= 4 is 0 Å². The third kappa shape index (κ3) is 7.26. The van der Waals surface area contributed by atoms with E-state index in [1.165, 1.54) is 17.0 Å². The van der Waals surface area contributed by atoms with Crippen molar-refractivity contribution in [2.75, 3.05) is 0 Å². The van der Waals surface area contributed by atoms with Crippen LogP contribution in [0.1, 0.15) is 76.2 Å². The molecule has 0 unspecified atom stereocenters. The standard InChI is InChI=1S/3C6H10N2/c1-5(2)6-3-7-8-4-6;2*1-5(2)6-3-4-7-8-6/h3*3-5H,1-2H3,(H,7,8). The molecule has 3 aromatic heterocycles. The lowest BCUT2D eigenvalue weighted by molar-refractivity contribution is 0.810. The minimum absolute atomic E-state index is 0.567. The zero-order valence-corrected chi connectivity index (χ0v) is 15.5. The molecule has 0 spiro atoms. The fourth-order valence-corrected chi connectivity index (χ4v) is 1.75. The summed E-state index contributed by atoms with van der Waals surface area (Å²) < 4.78 is 0. The van der Waals surface area contributed by atoms with Crippen LogP contribution in [0.5, 0.6) is 0 Å². The summed E-state index contributed by atoms with van der Waals surface area (Å²) in [6.45, 7) is 12.8. The fourth-order valence-electron chi connectivity index (χ4n) is 1.75. The predicted octanol–water partition coefficient (Wildman–Crippen LogP) is 4.60. The number of hydrogen-bond donors (Lipinski definition) is 3. The number of hydrogen-bond acceptors (Lipinski definition) is 3. The number of rotatable bonds is 3. The molecule has 0 fully saturated rings. The van der Waals surface area contributed by atoms with Crippen LogP contribution >= 0.6 is 0 Å². The normalized spacial score (nSPS) is 10.4. The molecule has 3 heterocycles. The topological polar surface area (TPSA) is 86.0 Å². The predicted molar refractivity (Wildman–Crippen MR) is 98.0 cm³/mol. The van der Waals surface area contributed by atoms with E-state index >= 15 is 0 Å². The van der Waals surface area contributed by atoms with Gasteiger partial charge in [-0.15, -0.1) is 0 Å². The highest BCUT2D eigenvalue weighted by atomic mass is 15.1. The Hall–Kier alpha value is -2.37. The van der Waals surface area contributed by atoms with E-state index in [4.69, 9.17) is 0 Å². The van der Waals surface area contributed by atoms with E-state index in [9.17, 15) is 0 Å². The summed E-state index contributed by atoms with van der Waals surface area (Å²) in [6, 6.07) is 3.98. The highest BCUT2D eigenvalue weighted by Gasteiger charge is 1.97. The third-order valence-electron chi connectivity index (χ3n) is 3.47. The van der Waals surface area contributed by atoms with Gasteiger partial charge < -0.3 is 0 Å². The second-order valence-corrected chi connectivity index (χ2v) is 6.52. The smallest absolute Gasteiger partial charge is 0.0521 e. The van der Waals surface area contributed by atoms with Crippen LogP contribution in [0.4, 0.5) is 0 Å². The fraction of sp³-hybridized carbons (Fsp3) is 0.500. The molecule has 0 bridgehead atoms. The lowest BCUT2D eigenvalue weighted by Gasteiger charge is -1.95. The summed E-state index contributed by atoms with van der Waals surface area (Å²) in [5.41, 5.74) is 3.67. The van der Waals surface area contributed by atoms with Gasteiger partial charge in [0.15, 0.2) is 0 Å². The minimum atomic E-state index is 0.567. The first kappa shape index (κ1) is 19.7. The molecular formula is C18H30N6. The lowest BCUT2D eigenvalue weighted by Crippen LogP contribution is -1.85. The van der Waals surface area contributed by atoms with Gasteiger partial charge in [-0.05, 0) is 35.4 Å². The van der Waals surface area contributed by atoms with Gasteiger partial charge in [0.25, 0.3) is 0 Å². The first-order chi connectivity index (χ1) is 11.4. The Labute approximate surface area is 144 Å². The molecule has 0 aliphatic rings. The first-order valence-corrected chi connectivity index (χ1v) is 8.39. The number of aromatic nitrogens is 6. The largest absolute Gasteiger partial charge is 0.285 e. The van der Waals surface area contributed by atoms with E-state index < -0.39 is 0 Å². The molecule has 0 aliphatic heterocycles. The number of H-pyrrole nitrogens is 3. The molecule has 0 aromatic carbocycles. The Morgan fingerprint density at radius 2 is 1.21 bits per heavy atom. The van der Waals surface area contributed by atoms with Gasteiger partial charge in [-0.25, -0.2) is 0 Å². The van der Waals surface area contributed by atoms with Crippen molar-refractivity contribution in [3.8, 4) is 0 Å². The summed E-state index contributed by atoms with van der Waals surface area (Å²) in [6.07, 6.45) is 7.32. The van der Waals surface area contributed by atoms with Crippen LogP contribution in [0.15, 0.2) is 36.9 Å². The van der Waals surface area contributed by atoms with Crippen molar-refractivity contribution in [2.45, 2.75) is 59.3 Å². The number of nitrogens with zero attached hydrogens (tertiary/aromatic N) is 3. The van der Waals surface area contributed by atoms with Gasteiger partial charge in [0.2, 0.25) is 0 Å². The molecule has 6 heteroatoms. The molecule has 0 radical (unpaired) electrons. The van der Waals surface area contributed by atoms with Crippen LogP contribution in [0.2, 0.25) is 0 Å². The van der Waals surface area contributed by atoms with E-state index in [1.807, 2.05) is 24.5 Å². The van der Waals surface area contributed by atoms with Crippen LogP contribution in [0, 0.1) is 0 Å². The quantitative estimate of drug-likeness (QED) is 0.656. The first-order valence-electron chi connectivity index (χ1n) is 8.39. The van der Waals surface area contributed by atoms with E-state index in [-0.39, 0.29) is 0 Å². The molecular weight excluding hydrogens is 300 g/mol. The van der Waals surface area contributed by atoms with Gasteiger partial charge in [-0.2, -0.15) is 15.3 Å². The van der Waals surface area contributed by atoms with E-state index in [0.29, 0.717) is 17.8 Å². The molecule has 6 nitrogen and oxygen atoms in total. The molecule has 0 saturated heterocycles. The number of aromatic amines is 3. The van der Waals surface area contributed by atoms with Crippen LogP contribution in [0.25, 0.3) is 0 Å². The Kier molecular flexibility index (Phi) is 8.54. The molecule has 24 heavy (non-hydrogen) atoms. The van der Waals surface area contributed by atoms with Crippen molar-refractivity contribution in [2.24, 2.45) is 0 Å². The molecule has 0 saturated carbocycles. The van der Waals surface area contributed by atoms with Gasteiger partial charge in [0.05, 0.1) is 6.20 Å². The Bertz CT molecular complexity index is 516. The van der Waals surface area contributed by atoms with Gasteiger partial charge in [-0.1, -0.05) is 41.5 Å². The molecule has 3 N–H and O–H groups in total. The van der Waals surface area contributed by atoms with Gasteiger partial charge in [0, 0.05) is 30.0 Å². The second-order valence-electron chi connectivity index (χ2n) is 6.52. The zero-order chi connectivity index (χ0) is 17.9. The monoisotopic (exact) mass is 330 g/mol. The van der Waals surface area contributed by atoms with Crippen LogP contribution in [0.3, 0.4) is 0 Å². The summed E-state index contributed by atoms with van der Waals surface area (Å²) in [5.74, 6) is 1.73. The molecule has 0 amide bonds. The highest BCUT2D eigenvalue weighted by molar-refractivity contribution is 5.07. The van der Waals surface area contributed by atoms with Crippen molar-refractivity contribution in [1.82, 2.24) is 30.6 Å². The number of nitrogens with one attached hydrogen (secondary N) is 3. The van der Waals surface area contributed by atoms with E-state index in [0.717, 1.165) is 0 Å². The summed E-state index contributed by atoms with van der Waals surface area (Å²) >= 11 is 0. The molecule has 0 atom stereocenters. The van der Waals surface area contributed by atoms with Crippen LogP contribution < -0.4 is 0 Å². The molecule has 3 aromatic rings. The van der Waals surface area contributed by atoms with Gasteiger partial charge in [-0.3, -0.25) is 15.3 Å². The lowest BCUT2D eigenvalue weighted by atomic mass is 10.1. The van der Waals surface area contributed by atoms with Crippen molar-refractivity contribution in [1.29, 1.82) is 0 Å². The third-order valence-corrected chi connectivity index (χ3v) is 3.47. The summed E-state index contributed by atoms with van der Waals surface area (Å²) in [7, 11) is 0. The maximum absolute atomic E-state index is 3.82. The Balaban J connectivity index is 0.000000180. The zero-order valence-electron chi connectivity index (χ0n) is 15.5. The maximum Gasteiger partial charge on any atom is 0.0521 e. The van der Waals surface area contributed by atoms with Crippen molar-refractivity contribution in [3.63, 3.8) is 0 Å². The van der Waals surface area contributed by atoms with Crippen molar-refractivity contribution in [3.05, 3.63) is 53.9 Å². The van der Waals surface area contributed by atoms with E-state index in [1.54, 1.807) is 12.4 Å². The average molecular weight is 330 g/mol. The molecule has 0 aliphatic carbocycles. The molecule has 3 rings (SSSR count). The SMILES string of the molecule is CC(C)c1ccn[nH]1.CC(C)c1ccn[nH]1.CC(C)c1cn[nH]c1. The highest BCUT2D eigenvalue weighted by Crippen LogP contribution is 2.10. The summed E-state index contributed by atoms with van der Waals surface area (Å²) in [4.78, 5) is 0. The van der Waals surface area contributed by atoms with Gasteiger partial charge in [0.1, 0.15) is 0 Å². The molecule has 132 valence electrons. The minimum Gasteiger partial charge on any atom is -0.285 e. The van der Waals surface area contributed by atoms with E-state index in [2.05, 4.69) is 72.1 Å². The van der Waals surface area contributed by atoms with Crippen molar-refractivity contribution < 1.29 is 0 Å². The van der Waals surface area contributed by atoms with Crippen LogP contribution in [-0.4, -0.2) is 30.6 Å². The van der Waals surface area contributed by atoms with Crippen LogP contribution in [-0.2, 0) is 0 Å². The average Bonchev–Trinajstić information content (AvgIpc) is 3.29.